The normalized spacial score (nSPS) is 15.8. The number of hydrogen-bond acceptors (Lipinski definition) is 2. The highest BCUT2D eigenvalue weighted by Gasteiger charge is 2.18. The number of amides is 1. The van der Waals surface area contributed by atoms with E-state index in [1.165, 1.54) is 0 Å². The molecule has 0 atom stereocenters. The largest absolute Gasteiger partial charge is 0.351 e. The van der Waals surface area contributed by atoms with Gasteiger partial charge in [-0.1, -0.05) is 27.7 Å². The van der Waals surface area contributed by atoms with Crippen molar-refractivity contribution in [3.05, 3.63) is 0 Å². The number of nitrogens with one attached hydrogen (secondary N) is 2. The van der Waals surface area contributed by atoms with Gasteiger partial charge in [-0.3, -0.25) is 4.79 Å². The standard InChI is InChI=1S/C8H16N2O.C2H6.H2/c1-6(2)3-8(11)10-7-4-9-5-7;1-2;/h6-7,9H,3-5H2,1-2H3,(H,10,11);1-2H3;1H. The second-order valence-electron chi connectivity index (χ2n) is 3.52. The third-order valence-electron chi connectivity index (χ3n) is 1.74. The van der Waals surface area contributed by atoms with E-state index in [1.807, 2.05) is 13.8 Å². The molecule has 0 aromatic rings. The monoisotopic (exact) mass is 188 g/mol. The van der Waals surface area contributed by atoms with Gasteiger partial charge in [0.2, 0.25) is 5.91 Å². The van der Waals surface area contributed by atoms with Crippen LogP contribution >= 0.6 is 0 Å². The van der Waals surface area contributed by atoms with Gasteiger partial charge in [-0.15, -0.1) is 0 Å². The minimum Gasteiger partial charge on any atom is -0.351 e. The number of hydrogen-bond donors (Lipinski definition) is 2. The summed E-state index contributed by atoms with van der Waals surface area (Å²) < 4.78 is 0. The third kappa shape index (κ3) is 5.64. The molecule has 0 bridgehead atoms. The highest BCUT2D eigenvalue weighted by atomic mass is 16.1. The molecule has 1 fully saturated rings. The Kier molecular flexibility index (Phi) is 6.59. The summed E-state index contributed by atoms with van der Waals surface area (Å²) in [7, 11) is 0. The first-order valence-corrected chi connectivity index (χ1v) is 5.18. The van der Waals surface area contributed by atoms with Gasteiger partial charge in [0.1, 0.15) is 0 Å². The molecule has 1 aliphatic heterocycles. The molecule has 3 nitrogen and oxygen atoms in total. The summed E-state index contributed by atoms with van der Waals surface area (Å²) >= 11 is 0. The molecule has 0 aliphatic carbocycles. The van der Waals surface area contributed by atoms with Crippen LogP contribution in [0.25, 0.3) is 0 Å². The zero-order valence-electron chi connectivity index (χ0n) is 9.18. The Bertz CT molecular complexity index is 147. The molecule has 1 saturated heterocycles. The van der Waals surface area contributed by atoms with Gasteiger partial charge >= 0.3 is 0 Å². The van der Waals surface area contributed by atoms with Gasteiger partial charge in [0.05, 0.1) is 6.04 Å². The molecular formula is C10H24N2O. The zero-order chi connectivity index (χ0) is 10.3. The van der Waals surface area contributed by atoms with Crippen molar-refractivity contribution in [2.24, 2.45) is 5.92 Å². The average molecular weight is 188 g/mol. The molecular weight excluding hydrogens is 164 g/mol. The van der Waals surface area contributed by atoms with E-state index in [-0.39, 0.29) is 7.33 Å². The van der Waals surface area contributed by atoms with E-state index in [2.05, 4.69) is 24.5 Å². The zero-order valence-corrected chi connectivity index (χ0v) is 9.18. The van der Waals surface area contributed by atoms with Crippen molar-refractivity contribution >= 4 is 5.91 Å². The molecule has 0 spiro atoms. The summed E-state index contributed by atoms with van der Waals surface area (Å²) in [6, 6.07) is 0.390. The fourth-order valence-electron chi connectivity index (χ4n) is 1.05. The molecule has 0 unspecified atom stereocenters. The van der Waals surface area contributed by atoms with Gasteiger partial charge in [0.15, 0.2) is 0 Å². The third-order valence-corrected chi connectivity index (χ3v) is 1.74. The predicted molar refractivity (Wildman–Crippen MR) is 57.7 cm³/mol. The Morgan fingerprint density at radius 1 is 1.54 bits per heavy atom. The second kappa shape index (κ2) is 6.89. The highest BCUT2D eigenvalue weighted by molar-refractivity contribution is 5.76. The van der Waals surface area contributed by atoms with Gasteiger partial charge in [0, 0.05) is 20.9 Å². The Labute approximate surface area is 82.8 Å². The Morgan fingerprint density at radius 3 is 2.38 bits per heavy atom. The van der Waals surface area contributed by atoms with Crippen LogP contribution in [-0.2, 0) is 4.79 Å². The maximum Gasteiger partial charge on any atom is 0.220 e. The van der Waals surface area contributed by atoms with Crippen LogP contribution in [-0.4, -0.2) is 25.0 Å². The van der Waals surface area contributed by atoms with E-state index in [9.17, 15) is 4.79 Å². The average Bonchev–Trinajstić information content (AvgIpc) is 2.00. The van der Waals surface area contributed by atoms with Crippen molar-refractivity contribution in [3.8, 4) is 0 Å². The molecule has 1 rings (SSSR count). The number of rotatable bonds is 3. The van der Waals surface area contributed by atoms with E-state index in [1.54, 1.807) is 0 Å². The van der Waals surface area contributed by atoms with Crippen LogP contribution in [0.4, 0.5) is 0 Å². The summed E-state index contributed by atoms with van der Waals surface area (Å²) in [6.07, 6.45) is 0.649. The van der Waals surface area contributed by atoms with E-state index >= 15 is 0 Å². The number of carbonyl (C=O) groups is 1. The minimum atomic E-state index is 0. The fourth-order valence-corrected chi connectivity index (χ4v) is 1.05. The van der Waals surface area contributed by atoms with Crippen LogP contribution in [0, 0.1) is 5.92 Å². The molecule has 0 saturated carbocycles. The van der Waals surface area contributed by atoms with Crippen molar-refractivity contribution in [2.75, 3.05) is 13.1 Å². The summed E-state index contributed by atoms with van der Waals surface area (Å²) in [5.41, 5.74) is 0. The van der Waals surface area contributed by atoms with E-state index in [4.69, 9.17) is 0 Å². The lowest BCUT2D eigenvalue weighted by Crippen LogP contribution is -2.57. The Hall–Kier alpha value is -0.570. The SMILES string of the molecule is CC.CC(C)CC(=O)NC1CNC1.[HH]. The Morgan fingerprint density at radius 2 is 2.08 bits per heavy atom. The van der Waals surface area contributed by atoms with Crippen LogP contribution in [0.15, 0.2) is 0 Å². The van der Waals surface area contributed by atoms with Gasteiger partial charge in [-0.2, -0.15) is 0 Å². The van der Waals surface area contributed by atoms with Crippen LogP contribution in [0.1, 0.15) is 35.5 Å². The van der Waals surface area contributed by atoms with Gasteiger partial charge in [-0.25, -0.2) is 0 Å². The topological polar surface area (TPSA) is 41.1 Å². The highest BCUT2D eigenvalue weighted by Crippen LogP contribution is 1.99. The Balaban J connectivity index is 0. The molecule has 2 N–H and O–H groups in total. The van der Waals surface area contributed by atoms with Crippen molar-refractivity contribution in [3.63, 3.8) is 0 Å². The maximum atomic E-state index is 11.1. The summed E-state index contributed by atoms with van der Waals surface area (Å²) in [5.74, 6) is 0.648. The first-order chi connectivity index (χ1) is 6.18. The molecule has 1 heterocycles. The lowest BCUT2D eigenvalue weighted by atomic mass is 10.1. The van der Waals surface area contributed by atoms with Crippen LogP contribution in [0.2, 0.25) is 0 Å². The predicted octanol–water partition coefficient (Wildman–Crippen LogP) is 1.39. The van der Waals surface area contributed by atoms with E-state index < -0.39 is 0 Å². The van der Waals surface area contributed by atoms with Crippen LogP contribution < -0.4 is 10.6 Å². The second-order valence-corrected chi connectivity index (χ2v) is 3.52. The summed E-state index contributed by atoms with van der Waals surface area (Å²) in [6.45, 7) is 9.98. The lowest BCUT2D eigenvalue weighted by Gasteiger charge is -2.28. The first-order valence-electron chi connectivity index (χ1n) is 5.18. The van der Waals surface area contributed by atoms with Gasteiger partial charge in [0.25, 0.3) is 0 Å². The minimum absolute atomic E-state index is 0. The molecule has 80 valence electrons. The van der Waals surface area contributed by atoms with Crippen molar-refractivity contribution in [2.45, 2.75) is 40.2 Å². The number of carbonyl (C=O) groups excluding carboxylic acids is 1. The molecule has 1 amide bonds. The van der Waals surface area contributed by atoms with Crippen molar-refractivity contribution < 1.29 is 6.22 Å². The molecule has 3 heteroatoms. The van der Waals surface area contributed by atoms with Gasteiger partial charge in [-0.05, 0) is 5.92 Å². The van der Waals surface area contributed by atoms with Crippen molar-refractivity contribution in [1.29, 1.82) is 0 Å². The smallest absolute Gasteiger partial charge is 0.220 e. The van der Waals surface area contributed by atoms with Crippen LogP contribution in [0.5, 0.6) is 0 Å². The van der Waals surface area contributed by atoms with E-state index in [0.29, 0.717) is 18.4 Å². The molecule has 1 aliphatic rings. The summed E-state index contributed by atoms with van der Waals surface area (Å²) in [5, 5.41) is 6.05. The van der Waals surface area contributed by atoms with Crippen molar-refractivity contribution in [1.82, 2.24) is 10.6 Å². The first kappa shape index (κ1) is 12.4. The van der Waals surface area contributed by atoms with Crippen LogP contribution in [0.3, 0.4) is 0 Å². The van der Waals surface area contributed by atoms with Gasteiger partial charge < -0.3 is 10.6 Å². The fraction of sp³-hybridized carbons (Fsp3) is 0.900. The van der Waals surface area contributed by atoms with E-state index in [0.717, 1.165) is 13.1 Å². The molecule has 0 aromatic heterocycles. The molecule has 0 radical (unpaired) electrons. The quantitative estimate of drug-likeness (QED) is 0.703. The molecule has 0 aromatic carbocycles. The maximum absolute atomic E-state index is 11.1. The summed E-state index contributed by atoms with van der Waals surface area (Å²) in [4.78, 5) is 11.1. The molecule has 13 heavy (non-hydrogen) atoms. The lowest BCUT2D eigenvalue weighted by molar-refractivity contribution is -0.122.